The molecule has 0 saturated carbocycles. The molecule has 1 atom stereocenters. The van der Waals surface area contributed by atoms with Crippen molar-refractivity contribution in [3.8, 4) is 6.07 Å². The standard InChI is InChI=1S/C21H21F3N6O2S/c1-3-33(31,32)29-6-7-30(18(12-29)21(22,23)24)19-9-14(8-13(2)27-19)16-4-5-26-20-17(16)10-15(11-25)28-20/h4-5,8-10,18,27H,2-3,6-7,12H2,1H3,(H,26,28). The summed E-state index contributed by atoms with van der Waals surface area (Å²) in [5, 5.41) is 12.7. The molecule has 4 rings (SSSR count). The number of halogens is 3. The molecule has 2 aliphatic rings. The van der Waals surface area contributed by atoms with Gasteiger partial charge in [-0.15, -0.1) is 0 Å². The first-order chi connectivity index (χ1) is 15.5. The third-order valence-electron chi connectivity index (χ3n) is 5.66. The molecule has 2 aromatic rings. The fourth-order valence-electron chi connectivity index (χ4n) is 4.02. The highest BCUT2D eigenvalue weighted by atomic mass is 32.2. The van der Waals surface area contributed by atoms with E-state index in [2.05, 4.69) is 21.9 Å². The number of hydrogen-bond acceptors (Lipinski definition) is 6. The molecule has 0 spiro atoms. The fraction of sp³-hybridized carbons (Fsp3) is 0.333. The maximum absolute atomic E-state index is 14.0. The van der Waals surface area contributed by atoms with Crippen LogP contribution in [-0.4, -0.2) is 65.2 Å². The number of sulfonamides is 1. The Morgan fingerprint density at radius 1 is 1.33 bits per heavy atom. The Labute approximate surface area is 188 Å². The number of nitrogens with one attached hydrogen (secondary N) is 2. The van der Waals surface area contributed by atoms with Crippen molar-refractivity contribution in [2.45, 2.75) is 19.1 Å². The molecule has 8 nitrogen and oxygen atoms in total. The van der Waals surface area contributed by atoms with E-state index in [0.717, 1.165) is 9.21 Å². The summed E-state index contributed by atoms with van der Waals surface area (Å²) in [6.07, 6.45) is 0.156. The van der Waals surface area contributed by atoms with Gasteiger partial charge in [-0.25, -0.2) is 13.4 Å². The summed E-state index contributed by atoms with van der Waals surface area (Å²) in [6.45, 7) is 4.39. The summed E-state index contributed by atoms with van der Waals surface area (Å²) < 4.78 is 67.2. The molecular formula is C21H21F3N6O2S. The quantitative estimate of drug-likeness (QED) is 0.700. The van der Waals surface area contributed by atoms with Gasteiger partial charge >= 0.3 is 6.18 Å². The highest BCUT2D eigenvalue weighted by Crippen LogP contribution is 2.34. The molecule has 1 saturated heterocycles. The van der Waals surface area contributed by atoms with Crippen LogP contribution in [0.5, 0.6) is 0 Å². The van der Waals surface area contributed by atoms with Crippen molar-refractivity contribution in [2.24, 2.45) is 0 Å². The number of fused-ring (bicyclic) bond motifs is 1. The van der Waals surface area contributed by atoms with Crippen LogP contribution in [0.4, 0.5) is 13.2 Å². The van der Waals surface area contributed by atoms with Crippen molar-refractivity contribution >= 4 is 26.6 Å². The van der Waals surface area contributed by atoms with Gasteiger partial charge in [-0.3, -0.25) is 0 Å². The van der Waals surface area contributed by atoms with Crippen molar-refractivity contribution in [3.05, 3.63) is 59.8 Å². The lowest BCUT2D eigenvalue weighted by molar-refractivity contribution is -0.187. The van der Waals surface area contributed by atoms with Crippen LogP contribution in [0.25, 0.3) is 16.6 Å². The van der Waals surface area contributed by atoms with Gasteiger partial charge < -0.3 is 15.2 Å². The first kappa shape index (κ1) is 22.9. The summed E-state index contributed by atoms with van der Waals surface area (Å²) >= 11 is 0. The Morgan fingerprint density at radius 3 is 2.76 bits per heavy atom. The Bertz CT molecular complexity index is 1320. The lowest BCUT2D eigenvalue weighted by atomic mass is 10.00. The number of dihydropyridines is 1. The monoisotopic (exact) mass is 478 g/mol. The number of nitriles is 1. The second-order valence-electron chi connectivity index (χ2n) is 7.70. The molecular weight excluding hydrogens is 457 g/mol. The maximum Gasteiger partial charge on any atom is 0.410 e. The van der Waals surface area contributed by atoms with Gasteiger partial charge in [0.1, 0.15) is 29.3 Å². The van der Waals surface area contributed by atoms with E-state index >= 15 is 0 Å². The number of H-pyrrole nitrogens is 1. The van der Waals surface area contributed by atoms with Gasteiger partial charge in [0.2, 0.25) is 10.0 Å². The van der Waals surface area contributed by atoms with Crippen molar-refractivity contribution in [1.82, 2.24) is 24.5 Å². The molecule has 2 aromatic heterocycles. The normalized spacial score (nSPS) is 20.3. The first-order valence-corrected chi connectivity index (χ1v) is 11.7. The summed E-state index contributed by atoms with van der Waals surface area (Å²) in [5.74, 6) is -0.0869. The van der Waals surface area contributed by atoms with E-state index in [1.165, 1.54) is 6.92 Å². The molecule has 0 radical (unpaired) electrons. The maximum atomic E-state index is 14.0. The second kappa shape index (κ2) is 8.24. The largest absolute Gasteiger partial charge is 0.410 e. The second-order valence-corrected chi connectivity index (χ2v) is 9.96. The highest BCUT2D eigenvalue weighted by Gasteiger charge is 2.49. The lowest BCUT2D eigenvalue weighted by Gasteiger charge is -2.44. The van der Waals surface area contributed by atoms with Crippen molar-refractivity contribution in [3.63, 3.8) is 0 Å². The Morgan fingerprint density at radius 2 is 2.09 bits per heavy atom. The van der Waals surface area contributed by atoms with Gasteiger partial charge in [-0.1, -0.05) is 6.58 Å². The fourth-order valence-corrected chi connectivity index (χ4v) is 5.12. The average Bonchev–Trinajstić information content (AvgIpc) is 3.21. The van der Waals surface area contributed by atoms with Crippen LogP contribution in [0.15, 0.2) is 48.6 Å². The summed E-state index contributed by atoms with van der Waals surface area (Å²) in [7, 11) is -3.76. The number of piperazine rings is 1. The number of pyridine rings is 1. The molecule has 33 heavy (non-hydrogen) atoms. The highest BCUT2D eigenvalue weighted by molar-refractivity contribution is 7.89. The molecule has 0 aromatic carbocycles. The van der Waals surface area contributed by atoms with Gasteiger partial charge in [0, 0.05) is 36.9 Å². The van der Waals surface area contributed by atoms with E-state index in [-0.39, 0.29) is 24.7 Å². The minimum atomic E-state index is -4.65. The number of aromatic nitrogens is 2. The predicted molar refractivity (Wildman–Crippen MR) is 117 cm³/mol. The Kier molecular flexibility index (Phi) is 5.71. The van der Waals surface area contributed by atoms with Crippen molar-refractivity contribution in [1.29, 1.82) is 5.26 Å². The van der Waals surface area contributed by atoms with Gasteiger partial charge in [-0.05, 0) is 42.3 Å². The molecule has 2 aliphatic heterocycles. The average molecular weight is 479 g/mol. The van der Waals surface area contributed by atoms with E-state index in [1.807, 2.05) is 6.07 Å². The number of alkyl halides is 3. The summed E-state index contributed by atoms with van der Waals surface area (Å²) in [6, 6.07) is 3.33. The smallest absolute Gasteiger partial charge is 0.344 e. The number of hydrogen-bond donors (Lipinski definition) is 2. The van der Waals surface area contributed by atoms with E-state index in [1.54, 1.807) is 30.5 Å². The van der Waals surface area contributed by atoms with E-state index < -0.39 is 28.8 Å². The number of aromatic amines is 1. The van der Waals surface area contributed by atoms with Gasteiger partial charge in [0.25, 0.3) is 0 Å². The minimum absolute atomic E-state index is 0.0594. The third-order valence-corrected chi connectivity index (χ3v) is 7.51. The van der Waals surface area contributed by atoms with Crippen LogP contribution in [0.1, 0.15) is 18.2 Å². The number of rotatable bonds is 4. The Hall–Kier alpha value is -3.30. The molecule has 1 fully saturated rings. The molecule has 0 aliphatic carbocycles. The van der Waals surface area contributed by atoms with Crippen molar-refractivity contribution in [2.75, 3.05) is 25.4 Å². The molecule has 12 heteroatoms. The van der Waals surface area contributed by atoms with Crippen LogP contribution >= 0.6 is 0 Å². The van der Waals surface area contributed by atoms with Crippen LogP contribution in [0.2, 0.25) is 0 Å². The SMILES string of the molecule is C=C1C=C(c2ccnc3[nH]c(C#N)cc23)C=C(N2CCN(S(=O)(=O)CC)CC2C(F)(F)F)N1. The van der Waals surface area contributed by atoms with Crippen LogP contribution < -0.4 is 5.32 Å². The van der Waals surface area contributed by atoms with E-state index in [9.17, 15) is 26.9 Å². The zero-order valence-corrected chi connectivity index (χ0v) is 18.5. The molecule has 174 valence electrons. The molecule has 0 bridgehead atoms. The minimum Gasteiger partial charge on any atom is -0.344 e. The van der Waals surface area contributed by atoms with Gasteiger partial charge in [-0.2, -0.15) is 22.7 Å². The third kappa shape index (κ3) is 4.34. The topological polar surface area (TPSA) is 105 Å². The first-order valence-electron chi connectivity index (χ1n) is 10.1. The number of nitrogens with zero attached hydrogens (tertiary/aromatic N) is 4. The Balaban J connectivity index is 1.73. The lowest BCUT2D eigenvalue weighted by Crippen LogP contribution is -2.60. The van der Waals surface area contributed by atoms with Crippen LogP contribution in [0, 0.1) is 11.3 Å². The van der Waals surface area contributed by atoms with Crippen LogP contribution in [0.3, 0.4) is 0 Å². The van der Waals surface area contributed by atoms with Crippen molar-refractivity contribution < 1.29 is 21.6 Å². The van der Waals surface area contributed by atoms with E-state index in [0.29, 0.717) is 33.6 Å². The van der Waals surface area contributed by atoms with Gasteiger partial charge in [0.05, 0.1) is 5.75 Å². The number of allylic oxidation sites excluding steroid dienone is 3. The zero-order valence-electron chi connectivity index (χ0n) is 17.6. The summed E-state index contributed by atoms with van der Waals surface area (Å²) in [5.41, 5.74) is 2.44. The molecule has 2 N–H and O–H groups in total. The van der Waals surface area contributed by atoms with E-state index in [4.69, 9.17) is 0 Å². The zero-order chi connectivity index (χ0) is 24.0. The van der Waals surface area contributed by atoms with Crippen LogP contribution in [-0.2, 0) is 10.0 Å². The summed E-state index contributed by atoms with van der Waals surface area (Å²) in [4.78, 5) is 8.22. The molecule has 4 heterocycles. The molecule has 1 unspecified atom stereocenters. The predicted octanol–water partition coefficient (Wildman–Crippen LogP) is 2.67. The molecule has 0 amide bonds. The van der Waals surface area contributed by atoms with Gasteiger partial charge in [0.15, 0.2) is 0 Å².